The van der Waals surface area contributed by atoms with Crippen LogP contribution >= 0.6 is 11.6 Å². The topological polar surface area (TPSA) is 95.9 Å². The van der Waals surface area contributed by atoms with Crippen LogP contribution in [0, 0.1) is 0 Å². The Morgan fingerprint density at radius 3 is 2.12 bits per heavy atom. The lowest BCUT2D eigenvalue weighted by Gasteiger charge is -2.24. The van der Waals surface area contributed by atoms with Gasteiger partial charge in [0.25, 0.3) is 11.8 Å². The number of carbonyl (C=O) groups excluding carboxylic acids is 2. The highest BCUT2D eigenvalue weighted by Crippen LogP contribution is 2.29. The number of rotatable bonds is 11. The number of hydrogen-bond acceptors (Lipinski definition) is 4. The van der Waals surface area contributed by atoms with Gasteiger partial charge >= 0.3 is 5.97 Å². The van der Waals surface area contributed by atoms with Gasteiger partial charge in [-0.3, -0.25) is 14.4 Å². The van der Waals surface area contributed by atoms with Crippen LogP contribution in [0.15, 0.2) is 97.1 Å². The Morgan fingerprint density at radius 1 is 0.825 bits per heavy atom. The van der Waals surface area contributed by atoms with E-state index >= 15 is 0 Å². The molecule has 2 N–H and O–H groups in total. The van der Waals surface area contributed by atoms with Crippen molar-refractivity contribution in [3.8, 4) is 16.9 Å². The molecular weight excluding hydrogens is 528 g/mol. The molecule has 0 saturated heterocycles. The molecule has 0 aromatic heterocycles. The quantitative estimate of drug-likeness (QED) is 0.234. The van der Waals surface area contributed by atoms with Gasteiger partial charge in [0, 0.05) is 35.8 Å². The summed E-state index contributed by atoms with van der Waals surface area (Å²) < 4.78 is 5.22. The molecular formula is C32H29ClN2O5. The number of carbonyl (C=O) groups is 3. The summed E-state index contributed by atoms with van der Waals surface area (Å²) in [4.78, 5) is 40.1. The molecule has 204 valence electrons. The molecule has 0 unspecified atom stereocenters. The fourth-order valence-corrected chi connectivity index (χ4v) is 4.56. The molecule has 0 aliphatic rings. The SMILES string of the molecule is COc1ccc(CN(CCC(=O)O)C(=O)c2ccccc2-c2ccccc2C(=O)NCc2cccc(Cl)c2)cc1. The molecule has 4 aromatic rings. The molecule has 0 spiro atoms. The Kier molecular flexibility index (Phi) is 9.54. The van der Waals surface area contributed by atoms with Gasteiger partial charge in [-0.15, -0.1) is 0 Å². The number of aliphatic carboxylic acids is 1. The number of nitrogens with zero attached hydrogens (tertiary/aromatic N) is 1. The Labute approximate surface area is 238 Å². The zero-order chi connectivity index (χ0) is 28.5. The van der Waals surface area contributed by atoms with Gasteiger partial charge < -0.3 is 20.1 Å². The van der Waals surface area contributed by atoms with Crippen molar-refractivity contribution in [2.24, 2.45) is 0 Å². The van der Waals surface area contributed by atoms with Crippen molar-refractivity contribution in [1.29, 1.82) is 0 Å². The van der Waals surface area contributed by atoms with E-state index in [2.05, 4.69) is 5.32 Å². The molecule has 0 bridgehead atoms. The van der Waals surface area contributed by atoms with Gasteiger partial charge in [0.15, 0.2) is 0 Å². The number of ether oxygens (including phenoxy) is 1. The molecule has 4 rings (SSSR count). The maximum Gasteiger partial charge on any atom is 0.305 e. The number of amides is 2. The first-order chi connectivity index (χ1) is 19.4. The number of carboxylic acid groups (broad SMARTS) is 1. The number of halogens is 1. The van der Waals surface area contributed by atoms with Gasteiger partial charge in [-0.05, 0) is 58.7 Å². The number of carboxylic acids is 1. The van der Waals surface area contributed by atoms with Gasteiger partial charge in [-0.2, -0.15) is 0 Å². The Bertz CT molecular complexity index is 1500. The van der Waals surface area contributed by atoms with Gasteiger partial charge in [0.2, 0.25) is 0 Å². The lowest BCUT2D eigenvalue weighted by Crippen LogP contribution is -2.33. The minimum absolute atomic E-state index is 0.0241. The summed E-state index contributed by atoms with van der Waals surface area (Å²) in [5.74, 6) is -0.939. The van der Waals surface area contributed by atoms with Crippen molar-refractivity contribution in [3.05, 3.63) is 124 Å². The van der Waals surface area contributed by atoms with Crippen LogP contribution in [0.1, 0.15) is 38.3 Å². The van der Waals surface area contributed by atoms with Gasteiger partial charge in [0.05, 0.1) is 13.5 Å². The summed E-state index contributed by atoms with van der Waals surface area (Å²) in [6.45, 7) is 0.529. The zero-order valence-electron chi connectivity index (χ0n) is 22.0. The lowest BCUT2D eigenvalue weighted by molar-refractivity contribution is -0.137. The summed E-state index contributed by atoms with van der Waals surface area (Å²) in [6, 6.07) is 28.6. The highest BCUT2D eigenvalue weighted by Gasteiger charge is 2.23. The number of nitrogens with one attached hydrogen (secondary N) is 1. The molecule has 0 fully saturated rings. The monoisotopic (exact) mass is 556 g/mol. The van der Waals surface area contributed by atoms with Gasteiger partial charge in [-0.1, -0.05) is 72.3 Å². The second-order valence-electron chi connectivity index (χ2n) is 9.12. The molecule has 0 heterocycles. The molecule has 2 amide bonds. The molecule has 8 heteroatoms. The second-order valence-corrected chi connectivity index (χ2v) is 9.56. The van der Waals surface area contributed by atoms with Crippen LogP contribution in [0.3, 0.4) is 0 Å². The van der Waals surface area contributed by atoms with Crippen molar-refractivity contribution in [1.82, 2.24) is 10.2 Å². The molecule has 0 aliphatic heterocycles. The fourth-order valence-electron chi connectivity index (χ4n) is 4.35. The van der Waals surface area contributed by atoms with Crippen molar-refractivity contribution < 1.29 is 24.2 Å². The average molecular weight is 557 g/mol. The standard InChI is InChI=1S/C32H29ClN2O5/c1-40-25-15-13-22(14-16-25)21-35(18-17-30(36)37)32(39)29-12-5-3-10-27(29)26-9-2-4-11-28(26)31(38)34-20-23-7-6-8-24(33)19-23/h2-16,19H,17-18,20-21H2,1H3,(H,34,38)(H,36,37). The van der Waals surface area contributed by atoms with Gasteiger partial charge in [-0.25, -0.2) is 0 Å². The smallest absolute Gasteiger partial charge is 0.305 e. The summed E-state index contributed by atoms with van der Waals surface area (Å²) in [6.07, 6.45) is -0.202. The van der Waals surface area contributed by atoms with Crippen LogP contribution < -0.4 is 10.1 Å². The predicted octanol–water partition coefficient (Wildman–Crippen LogP) is 6.06. The molecule has 0 radical (unpaired) electrons. The van der Waals surface area contributed by atoms with Crippen LogP contribution in [0.4, 0.5) is 0 Å². The first-order valence-corrected chi connectivity index (χ1v) is 13.1. The van der Waals surface area contributed by atoms with Crippen molar-refractivity contribution in [2.45, 2.75) is 19.5 Å². The third kappa shape index (κ3) is 7.27. The van der Waals surface area contributed by atoms with E-state index in [-0.39, 0.29) is 31.3 Å². The second kappa shape index (κ2) is 13.4. The van der Waals surface area contributed by atoms with Crippen LogP contribution in [0.25, 0.3) is 11.1 Å². The van der Waals surface area contributed by atoms with E-state index in [1.54, 1.807) is 73.8 Å². The molecule has 0 aliphatic carbocycles. The van der Waals surface area contributed by atoms with Crippen LogP contribution in [-0.2, 0) is 17.9 Å². The molecule has 0 atom stereocenters. The van der Waals surface area contributed by atoms with E-state index in [4.69, 9.17) is 16.3 Å². The predicted molar refractivity (Wildman–Crippen MR) is 154 cm³/mol. The van der Waals surface area contributed by atoms with Crippen molar-refractivity contribution in [3.63, 3.8) is 0 Å². The maximum atomic E-state index is 13.9. The van der Waals surface area contributed by atoms with E-state index in [0.29, 0.717) is 39.6 Å². The van der Waals surface area contributed by atoms with Crippen LogP contribution in [0.5, 0.6) is 5.75 Å². The zero-order valence-corrected chi connectivity index (χ0v) is 22.7. The molecule has 40 heavy (non-hydrogen) atoms. The first kappa shape index (κ1) is 28.4. The summed E-state index contributed by atoms with van der Waals surface area (Å²) in [7, 11) is 1.57. The number of hydrogen-bond donors (Lipinski definition) is 2. The van der Waals surface area contributed by atoms with Gasteiger partial charge in [0.1, 0.15) is 5.75 Å². The van der Waals surface area contributed by atoms with E-state index < -0.39 is 5.97 Å². The summed E-state index contributed by atoms with van der Waals surface area (Å²) in [5.41, 5.74) is 3.65. The van der Waals surface area contributed by atoms with E-state index in [9.17, 15) is 19.5 Å². The first-order valence-electron chi connectivity index (χ1n) is 12.7. The van der Waals surface area contributed by atoms with E-state index in [0.717, 1.165) is 11.1 Å². The highest BCUT2D eigenvalue weighted by atomic mass is 35.5. The van der Waals surface area contributed by atoms with Crippen LogP contribution in [0.2, 0.25) is 5.02 Å². The number of benzene rings is 4. The number of methoxy groups -OCH3 is 1. The molecule has 0 saturated carbocycles. The van der Waals surface area contributed by atoms with E-state index in [1.165, 1.54) is 4.90 Å². The molecule has 4 aromatic carbocycles. The van der Waals surface area contributed by atoms with E-state index in [1.807, 2.05) is 30.3 Å². The third-order valence-electron chi connectivity index (χ3n) is 6.38. The Balaban J connectivity index is 1.63. The minimum atomic E-state index is -0.998. The summed E-state index contributed by atoms with van der Waals surface area (Å²) in [5, 5.41) is 12.8. The largest absolute Gasteiger partial charge is 0.497 e. The average Bonchev–Trinajstić information content (AvgIpc) is 2.98. The minimum Gasteiger partial charge on any atom is -0.497 e. The molecule has 7 nitrogen and oxygen atoms in total. The van der Waals surface area contributed by atoms with Crippen molar-refractivity contribution in [2.75, 3.05) is 13.7 Å². The Morgan fingerprint density at radius 2 is 1.48 bits per heavy atom. The van der Waals surface area contributed by atoms with Crippen LogP contribution in [-0.4, -0.2) is 41.4 Å². The fraction of sp³-hybridized carbons (Fsp3) is 0.156. The lowest BCUT2D eigenvalue weighted by atomic mass is 9.94. The van der Waals surface area contributed by atoms with Crippen molar-refractivity contribution >= 4 is 29.4 Å². The normalized spacial score (nSPS) is 10.6. The Hall–Kier alpha value is -4.62. The third-order valence-corrected chi connectivity index (χ3v) is 6.61. The highest BCUT2D eigenvalue weighted by molar-refractivity contribution is 6.30. The summed E-state index contributed by atoms with van der Waals surface area (Å²) >= 11 is 6.07. The maximum absolute atomic E-state index is 13.9.